The minimum atomic E-state index is -0.247. The van der Waals surface area contributed by atoms with Crippen molar-refractivity contribution in [2.75, 3.05) is 34.3 Å². The number of amides is 1. The smallest absolute Gasteiger partial charge is 0.305 e. The summed E-state index contributed by atoms with van der Waals surface area (Å²) >= 11 is 0. The summed E-state index contributed by atoms with van der Waals surface area (Å²) in [5.41, 5.74) is 0. The van der Waals surface area contributed by atoms with E-state index in [9.17, 15) is 9.59 Å². The molecule has 1 saturated heterocycles. The molecule has 1 aliphatic heterocycles. The fourth-order valence-electron chi connectivity index (χ4n) is 2.32. The molecular formula is C13H24N2O3. The number of methoxy groups -OCH3 is 1. The molecule has 1 amide bonds. The van der Waals surface area contributed by atoms with E-state index in [-0.39, 0.29) is 11.9 Å². The Morgan fingerprint density at radius 1 is 1.39 bits per heavy atom. The van der Waals surface area contributed by atoms with Crippen LogP contribution in [0.5, 0.6) is 0 Å². The predicted octanol–water partition coefficient (Wildman–Crippen LogP) is 0.882. The number of carbonyl (C=O) groups is 2. The molecule has 1 atom stereocenters. The second-order valence-corrected chi connectivity index (χ2v) is 4.99. The minimum Gasteiger partial charge on any atom is -0.469 e. The highest BCUT2D eigenvalue weighted by atomic mass is 16.5. The van der Waals surface area contributed by atoms with Crippen LogP contribution < -0.4 is 0 Å². The van der Waals surface area contributed by atoms with Gasteiger partial charge in [0.25, 0.3) is 0 Å². The number of hydrogen-bond donors (Lipinski definition) is 0. The summed E-state index contributed by atoms with van der Waals surface area (Å²) < 4.78 is 4.55. The van der Waals surface area contributed by atoms with Crippen molar-refractivity contribution in [3.05, 3.63) is 0 Å². The molecule has 0 N–H and O–H groups in total. The average molecular weight is 256 g/mol. The van der Waals surface area contributed by atoms with Gasteiger partial charge in [-0.2, -0.15) is 0 Å². The van der Waals surface area contributed by atoms with E-state index in [1.807, 2.05) is 11.9 Å². The zero-order valence-corrected chi connectivity index (χ0v) is 11.6. The largest absolute Gasteiger partial charge is 0.469 e. The molecular weight excluding hydrogens is 232 g/mol. The molecule has 1 unspecified atom stereocenters. The Labute approximate surface area is 109 Å². The Balaban J connectivity index is 2.29. The number of piperidine rings is 1. The number of carbonyl (C=O) groups excluding carboxylic acids is 2. The number of likely N-dealkylation sites (N-methyl/N-ethyl adjacent to an activating group) is 2. The monoisotopic (exact) mass is 256 g/mol. The third-order valence-corrected chi connectivity index (χ3v) is 3.54. The van der Waals surface area contributed by atoms with Gasteiger partial charge in [0.2, 0.25) is 5.91 Å². The van der Waals surface area contributed by atoms with Gasteiger partial charge in [0.05, 0.1) is 7.11 Å². The van der Waals surface area contributed by atoms with Crippen molar-refractivity contribution in [1.29, 1.82) is 0 Å². The second kappa shape index (κ2) is 7.36. The van der Waals surface area contributed by atoms with Crippen molar-refractivity contribution in [1.82, 2.24) is 9.80 Å². The lowest BCUT2D eigenvalue weighted by molar-refractivity contribution is -0.141. The molecule has 5 nitrogen and oxygen atoms in total. The fraction of sp³-hybridized carbons (Fsp3) is 0.846. The quantitative estimate of drug-likeness (QED) is 0.685. The van der Waals surface area contributed by atoms with Gasteiger partial charge in [-0.3, -0.25) is 9.59 Å². The van der Waals surface area contributed by atoms with Gasteiger partial charge in [-0.15, -0.1) is 0 Å². The van der Waals surface area contributed by atoms with Crippen molar-refractivity contribution < 1.29 is 14.3 Å². The van der Waals surface area contributed by atoms with Gasteiger partial charge < -0.3 is 14.5 Å². The highest BCUT2D eigenvalue weighted by molar-refractivity contribution is 5.77. The molecule has 5 heteroatoms. The molecule has 0 radical (unpaired) electrons. The van der Waals surface area contributed by atoms with E-state index in [0.717, 1.165) is 25.9 Å². The van der Waals surface area contributed by atoms with Crippen LogP contribution >= 0.6 is 0 Å². The highest BCUT2D eigenvalue weighted by Crippen LogP contribution is 2.14. The van der Waals surface area contributed by atoms with E-state index in [4.69, 9.17) is 0 Å². The lowest BCUT2D eigenvalue weighted by atomic mass is 10.0. The number of esters is 1. The van der Waals surface area contributed by atoms with Crippen LogP contribution in [-0.4, -0.2) is 62.0 Å². The van der Waals surface area contributed by atoms with E-state index in [0.29, 0.717) is 25.3 Å². The van der Waals surface area contributed by atoms with Crippen LogP contribution in [-0.2, 0) is 14.3 Å². The maximum atomic E-state index is 12.0. The van der Waals surface area contributed by atoms with Crippen LogP contribution in [0.25, 0.3) is 0 Å². The minimum absolute atomic E-state index is 0.124. The zero-order valence-electron chi connectivity index (χ0n) is 11.6. The summed E-state index contributed by atoms with van der Waals surface area (Å²) in [6.45, 7) is 2.06. The van der Waals surface area contributed by atoms with Crippen molar-refractivity contribution in [3.8, 4) is 0 Å². The molecule has 0 bridgehead atoms. The Morgan fingerprint density at radius 3 is 2.72 bits per heavy atom. The van der Waals surface area contributed by atoms with Crippen LogP contribution in [0.2, 0.25) is 0 Å². The fourth-order valence-corrected chi connectivity index (χ4v) is 2.32. The molecule has 1 fully saturated rings. The molecule has 1 rings (SSSR count). The number of hydrogen-bond acceptors (Lipinski definition) is 4. The summed E-state index contributed by atoms with van der Waals surface area (Å²) in [6, 6.07) is 0.314. The maximum absolute atomic E-state index is 12.0. The van der Waals surface area contributed by atoms with E-state index in [2.05, 4.69) is 16.7 Å². The van der Waals surface area contributed by atoms with Crippen molar-refractivity contribution in [3.63, 3.8) is 0 Å². The molecule has 1 aliphatic rings. The summed E-state index contributed by atoms with van der Waals surface area (Å²) in [6.07, 6.45) is 3.52. The van der Waals surface area contributed by atoms with Crippen LogP contribution in [0.1, 0.15) is 32.1 Å². The lowest BCUT2D eigenvalue weighted by Gasteiger charge is -2.35. The molecule has 0 spiro atoms. The maximum Gasteiger partial charge on any atom is 0.305 e. The van der Waals surface area contributed by atoms with Crippen LogP contribution in [0.15, 0.2) is 0 Å². The van der Waals surface area contributed by atoms with Gasteiger partial charge >= 0.3 is 5.97 Å². The average Bonchev–Trinajstić information content (AvgIpc) is 2.37. The van der Waals surface area contributed by atoms with E-state index < -0.39 is 0 Å². The van der Waals surface area contributed by atoms with Gasteiger partial charge in [0, 0.05) is 32.5 Å². The van der Waals surface area contributed by atoms with Crippen LogP contribution in [0, 0.1) is 0 Å². The van der Waals surface area contributed by atoms with Crippen molar-refractivity contribution in [2.24, 2.45) is 0 Å². The van der Waals surface area contributed by atoms with Gasteiger partial charge in [0.15, 0.2) is 0 Å². The van der Waals surface area contributed by atoms with E-state index >= 15 is 0 Å². The molecule has 0 aliphatic carbocycles. The molecule has 104 valence electrons. The molecule has 0 aromatic carbocycles. The summed E-state index contributed by atoms with van der Waals surface area (Å²) in [5.74, 6) is -0.123. The van der Waals surface area contributed by atoms with Crippen LogP contribution in [0.4, 0.5) is 0 Å². The topological polar surface area (TPSA) is 49.9 Å². The lowest BCUT2D eigenvalue weighted by Crippen LogP contribution is -2.47. The van der Waals surface area contributed by atoms with Gasteiger partial charge in [-0.05, 0) is 32.9 Å². The molecule has 18 heavy (non-hydrogen) atoms. The normalized spacial score (nSPS) is 20.5. The number of rotatable bonds is 5. The van der Waals surface area contributed by atoms with E-state index in [1.54, 1.807) is 0 Å². The SMILES string of the molecule is COC(=O)CCCC(=O)N(C)C1CCCN(C)C1. The molecule has 0 aromatic heterocycles. The Morgan fingerprint density at radius 2 is 2.11 bits per heavy atom. The Hall–Kier alpha value is -1.10. The Kier molecular flexibility index (Phi) is 6.12. The number of likely N-dealkylation sites (tertiary alicyclic amines) is 1. The van der Waals surface area contributed by atoms with Crippen molar-refractivity contribution in [2.45, 2.75) is 38.1 Å². The summed E-state index contributed by atoms with van der Waals surface area (Å²) in [7, 11) is 5.32. The van der Waals surface area contributed by atoms with Crippen molar-refractivity contribution >= 4 is 11.9 Å². The summed E-state index contributed by atoms with van der Waals surface area (Å²) in [4.78, 5) is 27.0. The molecule has 0 saturated carbocycles. The Bertz CT molecular complexity index is 294. The first-order valence-corrected chi connectivity index (χ1v) is 6.55. The molecule has 1 heterocycles. The van der Waals surface area contributed by atoms with Gasteiger partial charge in [0.1, 0.15) is 0 Å². The zero-order chi connectivity index (χ0) is 13.5. The van der Waals surface area contributed by atoms with E-state index in [1.165, 1.54) is 7.11 Å². The number of nitrogens with zero attached hydrogens (tertiary/aromatic N) is 2. The molecule has 0 aromatic rings. The van der Waals surface area contributed by atoms with Crippen LogP contribution in [0.3, 0.4) is 0 Å². The predicted molar refractivity (Wildman–Crippen MR) is 69.2 cm³/mol. The third kappa shape index (κ3) is 4.64. The number of ether oxygens (including phenoxy) is 1. The van der Waals surface area contributed by atoms with Gasteiger partial charge in [-0.1, -0.05) is 0 Å². The third-order valence-electron chi connectivity index (χ3n) is 3.54. The van der Waals surface area contributed by atoms with Gasteiger partial charge in [-0.25, -0.2) is 0 Å². The first-order valence-electron chi connectivity index (χ1n) is 6.55. The highest BCUT2D eigenvalue weighted by Gasteiger charge is 2.24. The first kappa shape index (κ1) is 15.0. The summed E-state index contributed by atoms with van der Waals surface area (Å²) in [5, 5.41) is 0. The first-order chi connectivity index (χ1) is 8.54. The standard InChI is InChI=1S/C13H24N2O3/c1-14-9-5-6-11(10-14)15(2)12(16)7-4-8-13(17)18-3/h11H,4-10H2,1-3H3. The second-order valence-electron chi connectivity index (χ2n) is 4.99.